The highest BCUT2D eigenvalue weighted by atomic mass is 35.5. The summed E-state index contributed by atoms with van der Waals surface area (Å²) in [7, 11) is 0. The average molecular weight is 266 g/mol. The minimum atomic E-state index is 0.444. The molecule has 1 aromatic heterocycles. The Bertz CT molecular complexity index is 415. The van der Waals surface area contributed by atoms with Crippen molar-refractivity contribution in [1.82, 2.24) is 9.97 Å². The van der Waals surface area contributed by atoms with Gasteiger partial charge in [0.1, 0.15) is 5.82 Å². The Hall–Kier alpha value is -0.830. The second-order valence-corrected chi connectivity index (χ2v) is 6.00. The number of hydrogen-bond acceptors (Lipinski definition) is 3. The molecule has 2 fully saturated rings. The molecule has 1 saturated heterocycles. The second kappa shape index (κ2) is 5.04. The predicted octanol–water partition coefficient (Wildman–Crippen LogP) is 3.38. The van der Waals surface area contributed by atoms with Crippen LogP contribution in [0.1, 0.15) is 44.2 Å². The standard InChI is InChI=1S/C14H20ClN3/c15-8-12-9-16-10-13(17-12)18-7-6-14(11-18)4-2-1-3-5-14/h9-10H,1-8,11H2. The molecule has 0 unspecified atom stereocenters. The monoisotopic (exact) mass is 265 g/mol. The zero-order valence-corrected chi connectivity index (χ0v) is 11.5. The van der Waals surface area contributed by atoms with E-state index in [1.165, 1.54) is 38.5 Å². The molecule has 0 radical (unpaired) electrons. The number of hydrogen-bond donors (Lipinski definition) is 0. The molecule has 3 rings (SSSR count). The van der Waals surface area contributed by atoms with Crippen LogP contribution in [0.2, 0.25) is 0 Å². The smallest absolute Gasteiger partial charge is 0.147 e. The van der Waals surface area contributed by atoms with E-state index in [-0.39, 0.29) is 0 Å². The maximum atomic E-state index is 5.83. The van der Waals surface area contributed by atoms with E-state index in [1.54, 1.807) is 6.20 Å². The summed E-state index contributed by atoms with van der Waals surface area (Å²) in [5.74, 6) is 1.45. The summed E-state index contributed by atoms with van der Waals surface area (Å²) in [6.07, 6.45) is 12.0. The average Bonchev–Trinajstić information content (AvgIpc) is 2.83. The zero-order chi connectivity index (χ0) is 12.4. The van der Waals surface area contributed by atoms with E-state index in [1.807, 2.05) is 6.20 Å². The van der Waals surface area contributed by atoms with E-state index in [2.05, 4.69) is 14.9 Å². The van der Waals surface area contributed by atoms with Crippen molar-refractivity contribution in [2.45, 2.75) is 44.4 Å². The van der Waals surface area contributed by atoms with Gasteiger partial charge in [-0.25, -0.2) is 4.98 Å². The Labute approximate surface area is 114 Å². The summed E-state index contributed by atoms with van der Waals surface area (Å²) in [5, 5.41) is 0. The van der Waals surface area contributed by atoms with E-state index in [9.17, 15) is 0 Å². The molecule has 98 valence electrons. The van der Waals surface area contributed by atoms with Gasteiger partial charge < -0.3 is 4.90 Å². The molecule has 0 aromatic carbocycles. The topological polar surface area (TPSA) is 29.0 Å². The molecule has 4 heteroatoms. The molecule has 2 heterocycles. The normalized spacial score (nSPS) is 22.6. The van der Waals surface area contributed by atoms with Crippen LogP contribution in [0, 0.1) is 5.41 Å². The van der Waals surface area contributed by atoms with Crippen molar-refractivity contribution < 1.29 is 0 Å². The first-order valence-corrected chi connectivity index (χ1v) is 7.47. The number of halogens is 1. The first-order valence-electron chi connectivity index (χ1n) is 6.93. The number of aromatic nitrogens is 2. The maximum absolute atomic E-state index is 5.83. The quantitative estimate of drug-likeness (QED) is 0.768. The third-order valence-corrected chi connectivity index (χ3v) is 4.76. The SMILES string of the molecule is ClCc1cncc(N2CCC3(CCCCC3)C2)n1. The number of nitrogens with zero attached hydrogens (tertiary/aromatic N) is 3. The Kier molecular flexibility index (Phi) is 3.42. The minimum absolute atomic E-state index is 0.444. The van der Waals surface area contributed by atoms with Crippen molar-refractivity contribution in [3.8, 4) is 0 Å². The van der Waals surface area contributed by atoms with E-state index in [0.29, 0.717) is 11.3 Å². The molecule has 0 bridgehead atoms. The zero-order valence-electron chi connectivity index (χ0n) is 10.7. The third-order valence-electron chi connectivity index (χ3n) is 4.49. The Morgan fingerprint density at radius 1 is 1.17 bits per heavy atom. The molecule has 1 aliphatic carbocycles. The lowest BCUT2D eigenvalue weighted by Gasteiger charge is -2.33. The summed E-state index contributed by atoms with van der Waals surface area (Å²) in [6, 6.07) is 0. The van der Waals surface area contributed by atoms with Gasteiger partial charge in [0.15, 0.2) is 0 Å². The molecule has 18 heavy (non-hydrogen) atoms. The fourth-order valence-electron chi connectivity index (χ4n) is 3.45. The number of anilines is 1. The van der Waals surface area contributed by atoms with Crippen LogP contribution in [0.4, 0.5) is 5.82 Å². The highest BCUT2D eigenvalue weighted by Gasteiger charge is 2.39. The summed E-state index contributed by atoms with van der Waals surface area (Å²) in [6.45, 7) is 2.29. The van der Waals surface area contributed by atoms with Crippen LogP contribution in [0.15, 0.2) is 12.4 Å². The van der Waals surface area contributed by atoms with Crippen molar-refractivity contribution in [2.75, 3.05) is 18.0 Å². The van der Waals surface area contributed by atoms with Gasteiger partial charge in [0.2, 0.25) is 0 Å². The first kappa shape index (κ1) is 12.2. The third kappa shape index (κ3) is 2.33. The molecule has 0 amide bonds. The maximum Gasteiger partial charge on any atom is 0.147 e. The molecule has 1 saturated carbocycles. The van der Waals surface area contributed by atoms with E-state index in [0.717, 1.165) is 24.6 Å². The van der Waals surface area contributed by atoms with Crippen molar-refractivity contribution in [1.29, 1.82) is 0 Å². The van der Waals surface area contributed by atoms with Gasteiger partial charge in [-0.1, -0.05) is 19.3 Å². The Morgan fingerprint density at radius 3 is 2.78 bits per heavy atom. The first-order chi connectivity index (χ1) is 8.81. The van der Waals surface area contributed by atoms with Crippen molar-refractivity contribution in [3.05, 3.63) is 18.1 Å². The number of alkyl halides is 1. The van der Waals surface area contributed by atoms with Crippen LogP contribution >= 0.6 is 11.6 Å². The fourth-order valence-corrected chi connectivity index (χ4v) is 3.58. The lowest BCUT2D eigenvalue weighted by atomic mass is 9.73. The highest BCUT2D eigenvalue weighted by Crippen LogP contribution is 2.44. The summed E-state index contributed by atoms with van der Waals surface area (Å²) in [4.78, 5) is 11.2. The van der Waals surface area contributed by atoms with Crippen molar-refractivity contribution in [2.24, 2.45) is 5.41 Å². The van der Waals surface area contributed by atoms with Crippen LogP contribution < -0.4 is 4.90 Å². The van der Waals surface area contributed by atoms with Gasteiger partial charge in [-0.05, 0) is 24.7 Å². The fraction of sp³-hybridized carbons (Fsp3) is 0.714. The lowest BCUT2D eigenvalue weighted by Crippen LogP contribution is -2.29. The van der Waals surface area contributed by atoms with E-state index >= 15 is 0 Å². The molecule has 1 aliphatic heterocycles. The van der Waals surface area contributed by atoms with Crippen molar-refractivity contribution >= 4 is 17.4 Å². The van der Waals surface area contributed by atoms with Gasteiger partial charge in [0, 0.05) is 19.3 Å². The largest absolute Gasteiger partial charge is 0.355 e. The summed E-state index contributed by atoms with van der Waals surface area (Å²) >= 11 is 5.83. The van der Waals surface area contributed by atoms with Crippen LogP contribution in [0.5, 0.6) is 0 Å². The molecule has 0 atom stereocenters. The molecule has 1 spiro atoms. The Balaban J connectivity index is 1.74. The van der Waals surface area contributed by atoms with Crippen LogP contribution in [0.3, 0.4) is 0 Å². The molecular formula is C14H20ClN3. The molecular weight excluding hydrogens is 246 g/mol. The molecule has 0 N–H and O–H groups in total. The van der Waals surface area contributed by atoms with Crippen LogP contribution in [0.25, 0.3) is 0 Å². The molecule has 3 nitrogen and oxygen atoms in total. The van der Waals surface area contributed by atoms with Gasteiger partial charge in [-0.2, -0.15) is 0 Å². The van der Waals surface area contributed by atoms with Gasteiger partial charge in [0.25, 0.3) is 0 Å². The van der Waals surface area contributed by atoms with E-state index < -0.39 is 0 Å². The highest BCUT2D eigenvalue weighted by molar-refractivity contribution is 6.16. The minimum Gasteiger partial charge on any atom is -0.355 e. The van der Waals surface area contributed by atoms with Gasteiger partial charge in [0.05, 0.1) is 17.8 Å². The molecule has 2 aliphatic rings. The van der Waals surface area contributed by atoms with Gasteiger partial charge >= 0.3 is 0 Å². The van der Waals surface area contributed by atoms with Crippen LogP contribution in [-0.2, 0) is 5.88 Å². The van der Waals surface area contributed by atoms with Gasteiger partial charge in [-0.15, -0.1) is 11.6 Å². The molecule has 1 aromatic rings. The lowest BCUT2D eigenvalue weighted by molar-refractivity contribution is 0.219. The second-order valence-electron chi connectivity index (χ2n) is 5.73. The van der Waals surface area contributed by atoms with Crippen molar-refractivity contribution in [3.63, 3.8) is 0 Å². The summed E-state index contributed by atoms with van der Waals surface area (Å²) < 4.78 is 0. The summed E-state index contributed by atoms with van der Waals surface area (Å²) in [5.41, 5.74) is 1.44. The predicted molar refractivity (Wildman–Crippen MR) is 73.9 cm³/mol. The van der Waals surface area contributed by atoms with Gasteiger partial charge in [-0.3, -0.25) is 4.98 Å². The van der Waals surface area contributed by atoms with E-state index in [4.69, 9.17) is 11.6 Å². The van der Waals surface area contributed by atoms with Crippen LogP contribution in [-0.4, -0.2) is 23.1 Å². The Morgan fingerprint density at radius 2 is 2.00 bits per heavy atom. The number of rotatable bonds is 2.